The predicted octanol–water partition coefficient (Wildman–Crippen LogP) is 1.15. The Morgan fingerprint density at radius 3 is 2.85 bits per heavy atom. The van der Waals surface area contributed by atoms with Crippen LogP contribution in [0.4, 0.5) is 0 Å². The van der Waals surface area contributed by atoms with Crippen LogP contribution in [-0.2, 0) is 6.54 Å². The van der Waals surface area contributed by atoms with E-state index in [9.17, 15) is 9.59 Å². The molecule has 3 heterocycles. The van der Waals surface area contributed by atoms with Gasteiger partial charge in [0, 0.05) is 24.5 Å². The fraction of sp³-hybridized carbons (Fsp3) is 0.167. The third-order valence-corrected chi connectivity index (χ3v) is 3.28. The summed E-state index contributed by atoms with van der Waals surface area (Å²) >= 11 is 6.05. The number of hydrogen-bond acceptors (Lipinski definition) is 4. The number of rotatable bonds is 2. The number of aromatic amines is 2. The summed E-state index contributed by atoms with van der Waals surface area (Å²) in [4.78, 5) is 36.9. The molecule has 7 nitrogen and oxygen atoms in total. The molecule has 0 spiro atoms. The predicted molar refractivity (Wildman–Crippen MR) is 74.9 cm³/mol. The standard InChI is InChI=1S/C12H10ClN5O2/c1-2-18-10-8(11(19)17-12(18)20)15-9(16-10)6-3-4-14-5-7(6)13/h3-5H,2H2,1H3,(H,15,16)(H,17,19,20). The van der Waals surface area contributed by atoms with E-state index in [-0.39, 0.29) is 5.52 Å². The number of fused-ring (bicyclic) bond motifs is 1. The Kier molecular flexibility index (Phi) is 2.90. The first-order valence-electron chi connectivity index (χ1n) is 5.94. The number of imidazole rings is 1. The van der Waals surface area contributed by atoms with Crippen LogP contribution in [0.2, 0.25) is 5.02 Å². The molecule has 0 unspecified atom stereocenters. The molecule has 3 aromatic heterocycles. The first kappa shape index (κ1) is 12.6. The third kappa shape index (κ3) is 1.83. The van der Waals surface area contributed by atoms with E-state index in [1.165, 1.54) is 10.8 Å². The van der Waals surface area contributed by atoms with Gasteiger partial charge in [-0.3, -0.25) is 19.3 Å². The summed E-state index contributed by atoms with van der Waals surface area (Å²) in [6.07, 6.45) is 3.06. The van der Waals surface area contributed by atoms with Crippen LogP contribution >= 0.6 is 11.6 Å². The van der Waals surface area contributed by atoms with Gasteiger partial charge in [-0.25, -0.2) is 9.78 Å². The Balaban J connectivity index is 2.37. The van der Waals surface area contributed by atoms with Gasteiger partial charge in [-0.05, 0) is 13.0 Å². The maximum absolute atomic E-state index is 11.8. The van der Waals surface area contributed by atoms with Crippen molar-refractivity contribution >= 4 is 22.8 Å². The van der Waals surface area contributed by atoms with Gasteiger partial charge in [0.05, 0.1) is 5.02 Å². The van der Waals surface area contributed by atoms with Gasteiger partial charge in [-0.1, -0.05) is 11.6 Å². The zero-order valence-corrected chi connectivity index (χ0v) is 11.2. The molecule has 2 N–H and O–H groups in total. The van der Waals surface area contributed by atoms with Gasteiger partial charge in [0.1, 0.15) is 11.3 Å². The van der Waals surface area contributed by atoms with Gasteiger partial charge < -0.3 is 4.98 Å². The van der Waals surface area contributed by atoms with Crippen molar-refractivity contribution in [2.45, 2.75) is 13.5 Å². The molecular weight excluding hydrogens is 282 g/mol. The Morgan fingerprint density at radius 1 is 1.35 bits per heavy atom. The smallest absolute Gasteiger partial charge is 0.330 e. The monoisotopic (exact) mass is 291 g/mol. The molecule has 20 heavy (non-hydrogen) atoms. The van der Waals surface area contributed by atoms with E-state index in [0.29, 0.717) is 28.6 Å². The third-order valence-electron chi connectivity index (χ3n) is 2.98. The number of hydrogen-bond donors (Lipinski definition) is 2. The highest BCUT2D eigenvalue weighted by molar-refractivity contribution is 6.33. The molecule has 0 aliphatic rings. The average molecular weight is 292 g/mol. The number of halogens is 1. The summed E-state index contributed by atoms with van der Waals surface area (Å²) in [5.74, 6) is 0.422. The number of pyridine rings is 1. The quantitative estimate of drug-likeness (QED) is 0.740. The van der Waals surface area contributed by atoms with Crippen LogP contribution in [0.1, 0.15) is 6.92 Å². The fourth-order valence-corrected chi connectivity index (χ4v) is 2.24. The van der Waals surface area contributed by atoms with Crippen molar-refractivity contribution in [3.8, 4) is 11.4 Å². The molecule has 0 fully saturated rings. The van der Waals surface area contributed by atoms with E-state index in [0.717, 1.165) is 0 Å². The molecule has 0 aromatic carbocycles. The molecule has 0 saturated heterocycles. The lowest BCUT2D eigenvalue weighted by molar-refractivity contribution is 0.720. The molecule has 8 heteroatoms. The van der Waals surface area contributed by atoms with Crippen LogP contribution in [0.5, 0.6) is 0 Å². The highest BCUT2D eigenvalue weighted by Crippen LogP contribution is 2.25. The number of aryl methyl sites for hydroxylation is 1. The molecule has 3 aromatic rings. The Morgan fingerprint density at radius 2 is 2.15 bits per heavy atom. The molecule has 0 saturated carbocycles. The first-order chi connectivity index (χ1) is 9.61. The summed E-state index contributed by atoms with van der Waals surface area (Å²) in [6.45, 7) is 2.20. The number of nitrogens with zero attached hydrogens (tertiary/aromatic N) is 3. The van der Waals surface area contributed by atoms with Gasteiger partial charge in [-0.15, -0.1) is 0 Å². The van der Waals surface area contributed by atoms with E-state index < -0.39 is 11.2 Å². The maximum Gasteiger partial charge on any atom is 0.330 e. The van der Waals surface area contributed by atoms with Gasteiger partial charge in [0.15, 0.2) is 5.65 Å². The zero-order chi connectivity index (χ0) is 14.3. The highest BCUT2D eigenvalue weighted by atomic mass is 35.5. The average Bonchev–Trinajstić information content (AvgIpc) is 2.85. The van der Waals surface area contributed by atoms with Crippen molar-refractivity contribution in [2.24, 2.45) is 0 Å². The van der Waals surface area contributed by atoms with Crippen molar-refractivity contribution in [1.29, 1.82) is 0 Å². The van der Waals surface area contributed by atoms with Crippen molar-refractivity contribution in [2.75, 3.05) is 0 Å². The minimum atomic E-state index is -0.501. The summed E-state index contributed by atoms with van der Waals surface area (Å²) in [5.41, 5.74) is 0.188. The van der Waals surface area contributed by atoms with Gasteiger partial charge in [-0.2, -0.15) is 0 Å². The molecule has 3 rings (SSSR count). The van der Waals surface area contributed by atoms with Gasteiger partial charge in [0.25, 0.3) is 5.56 Å². The van der Waals surface area contributed by atoms with Crippen LogP contribution in [0, 0.1) is 0 Å². The molecular formula is C12H10ClN5O2. The lowest BCUT2D eigenvalue weighted by Crippen LogP contribution is -2.29. The van der Waals surface area contributed by atoms with E-state index in [1.54, 1.807) is 19.2 Å². The molecule has 0 bridgehead atoms. The number of H-pyrrole nitrogens is 2. The number of aromatic nitrogens is 5. The minimum Gasteiger partial charge on any atom is -0.332 e. The van der Waals surface area contributed by atoms with Crippen LogP contribution in [0.25, 0.3) is 22.6 Å². The molecule has 102 valence electrons. The molecule has 0 radical (unpaired) electrons. The van der Waals surface area contributed by atoms with E-state index >= 15 is 0 Å². The minimum absolute atomic E-state index is 0.245. The van der Waals surface area contributed by atoms with Gasteiger partial charge >= 0.3 is 5.69 Å². The van der Waals surface area contributed by atoms with Crippen LogP contribution < -0.4 is 11.2 Å². The van der Waals surface area contributed by atoms with Crippen LogP contribution in [0.15, 0.2) is 28.0 Å². The van der Waals surface area contributed by atoms with Crippen molar-refractivity contribution in [3.05, 3.63) is 44.3 Å². The second kappa shape index (κ2) is 4.61. The molecule has 0 atom stereocenters. The fourth-order valence-electron chi connectivity index (χ4n) is 2.03. The largest absolute Gasteiger partial charge is 0.332 e. The van der Waals surface area contributed by atoms with Crippen molar-refractivity contribution < 1.29 is 0 Å². The Hall–Kier alpha value is -2.41. The second-order valence-corrected chi connectivity index (χ2v) is 4.55. The van der Waals surface area contributed by atoms with Crippen molar-refractivity contribution in [1.82, 2.24) is 24.5 Å². The van der Waals surface area contributed by atoms with Gasteiger partial charge in [0.2, 0.25) is 0 Å². The van der Waals surface area contributed by atoms with E-state index in [2.05, 4.69) is 19.9 Å². The normalized spacial score (nSPS) is 11.1. The molecule has 0 aliphatic heterocycles. The maximum atomic E-state index is 11.8. The van der Waals surface area contributed by atoms with E-state index in [4.69, 9.17) is 11.6 Å². The SMILES string of the molecule is CCn1c(=O)[nH]c(=O)c2[nH]c(-c3ccncc3Cl)nc21. The first-order valence-corrected chi connectivity index (χ1v) is 6.32. The van der Waals surface area contributed by atoms with Crippen LogP contribution in [-0.4, -0.2) is 24.5 Å². The zero-order valence-electron chi connectivity index (χ0n) is 10.5. The van der Waals surface area contributed by atoms with E-state index in [1.807, 2.05) is 0 Å². The Bertz CT molecular complexity index is 908. The lowest BCUT2D eigenvalue weighted by Gasteiger charge is -2.00. The highest BCUT2D eigenvalue weighted by Gasteiger charge is 2.14. The second-order valence-electron chi connectivity index (χ2n) is 4.14. The number of nitrogens with one attached hydrogen (secondary N) is 2. The molecule has 0 aliphatic carbocycles. The Labute approximate surface area is 117 Å². The summed E-state index contributed by atoms with van der Waals surface area (Å²) in [5, 5.41) is 0.411. The topological polar surface area (TPSA) is 96.4 Å². The summed E-state index contributed by atoms with van der Waals surface area (Å²) in [6, 6.07) is 1.68. The van der Waals surface area contributed by atoms with Crippen molar-refractivity contribution in [3.63, 3.8) is 0 Å². The lowest BCUT2D eigenvalue weighted by atomic mass is 10.2. The molecule has 0 amide bonds. The summed E-state index contributed by atoms with van der Waals surface area (Å²) in [7, 11) is 0. The van der Waals surface area contributed by atoms with Crippen LogP contribution in [0.3, 0.4) is 0 Å². The summed E-state index contributed by atoms with van der Waals surface area (Å²) < 4.78 is 1.38.